The zero-order chi connectivity index (χ0) is 13.4. The van der Waals surface area contributed by atoms with E-state index in [1.165, 1.54) is 5.56 Å². The van der Waals surface area contributed by atoms with Crippen molar-refractivity contribution in [2.24, 2.45) is 0 Å². The van der Waals surface area contributed by atoms with E-state index in [9.17, 15) is 9.59 Å². The molecule has 0 bridgehead atoms. The molecular weight excluding hydrogens is 230 g/mol. The monoisotopic (exact) mass is 249 g/mol. The van der Waals surface area contributed by atoms with Gasteiger partial charge in [0.15, 0.2) is 0 Å². The molecule has 4 heteroatoms. The average Bonchev–Trinajstić information content (AvgIpc) is 2.36. The Morgan fingerprint density at radius 2 is 1.83 bits per heavy atom. The van der Waals surface area contributed by atoms with Gasteiger partial charge in [-0.05, 0) is 24.0 Å². The second-order valence-corrected chi connectivity index (χ2v) is 4.15. The van der Waals surface area contributed by atoms with Crippen LogP contribution in [-0.2, 0) is 22.6 Å². The Bertz CT molecular complexity index is 415. The molecule has 0 heterocycles. The Kier molecular flexibility index (Phi) is 5.91. The van der Waals surface area contributed by atoms with Gasteiger partial charge in [-0.3, -0.25) is 9.59 Å². The fourth-order valence-corrected chi connectivity index (χ4v) is 1.76. The first-order chi connectivity index (χ1) is 8.63. The van der Waals surface area contributed by atoms with E-state index in [0.29, 0.717) is 13.0 Å². The molecule has 0 spiro atoms. The zero-order valence-corrected chi connectivity index (χ0v) is 10.6. The number of hydrogen-bond acceptors (Lipinski definition) is 2. The molecule has 18 heavy (non-hydrogen) atoms. The highest BCUT2D eigenvalue weighted by atomic mass is 16.4. The number of carboxylic acid groups (broad SMARTS) is 1. The highest BCUT2D eigenvalue weighted by Crippen LogP contribution is 2.09. The third-order valence-corrected chi connectivity index (χ3v) is 2.77. The fraction of sp³-hybridized carbons (Fsp3) is 0.429. The van der Waals surface area contributed by atoms with E-state index in [0.717, 1.165) is 12.0 Å². The predicted octanol–water partition coefficient (Wildman–Crippen LogP) is 2.12. The molecule has 0 unspecified atom stereocenters. The van der Waals surface area contributed by atoms with E-state index in [1.54, 1.807) is 0 Å². The number of rotatable bonds is 7. The first-order valence-corrected chi connectivity index (χ1v) is 6.18. The predicted molar refractivity (Wildman–Crippen MR) is 69.2 cm³/mol. The first-order valence-electron chi connectivity index (χ1n) is 6.18. The molecule has 1 rings (SSSR count). The lowest BCUT2D eigenvalue weighted by molar-refractivity contribution is -0.137. The maximum Gasteiger partial charge on any atom is 0.303 e. The van der Waals surface area contributed by atoms with Crippen molar-refractivity contribution < 1.29 is 14.7 Å². The number of benzene rings is 1. The van der Waals surface area contributed by atoms with E-state index in [2.05, 4.69) is 12.2 Å². The van der Waals surface area contributed by atoms with Crippen LogP contribution in [0.25, 0.3) is 0 Å². The molecule has 0 aliphatic rings. The Morgan fingerprint density at radius 1 is 1.17 bits per heavy atom. The molecule has 1 aromatic rings. The molecular formula is C14H19NO3. The van der Waals surface area contributed by atoms with Gasteiger partial charge >= 0.3 is 5.97 Å². The summed E-state index contributed by atoms with van der Waals surface area (Å²) in [6.45, 7) is 2.59. The van der Waals surface area contributed by atoms with Crippen molar-refractivity contribution in [3.63, 3.8) is 0 Å². The summed E-state index contributed by atoms with van der Waals surface area (Å²) in [5.41, 5.74) is 2.34. The summed E-state index contributed by atoms with van der Waals surface area (Å²) in [6, 6.07) is 7.98. The Labute approximate surface area is 107 Å². The van der Waals surface area contributed by atoms with E-state index in [1.807, 2.05) is 24.3 Å². The van der Waals surface area contributed by atoms with Crippen LogP contribution in [0.5, 0.6) is 0 Å². The topological polar surface area (TPSA) is 66.4 Å². The van der Waals surface area contributed by atoms with Crippen molar-refractivity contribution >= 4 is 11.9 Å². The lowest BCUT2D eigenvalue weighted by atomic mass is 10.1. The van der Waals surface area contributed by atoms with Gasteiger partial charge in [0.25, 0.3) is 0 Å². The molecule has 0 radical (unpaired) electrons. The molecule has 0 saturated carbocycles. The van der Waals surface area contributed by atoms with Crippen molar-refractivity contribution in [1.29, 1.82) is 0 Å². The van der Waals surface area contributed by atoms with Crippen molar-refractivity contribution in [3.8, 4) is 0 Å². The highest BCUT2D eigenvalue weighted by Gasteiger charge is 2.05. The van der Waals surface area contributed by atoms with Gasteiger partial charge in [0.1, 0.15) is 0 Å². The summed E-state index contributed by atoms with van der Waals surface area (Å²) in [5, 5.41) is 11.3. The van der Waals surface area contributed by atoms with E-state index < -0.39 is 5.97 Å². The van der Waals surface area contributed by atoms with Crippen molar-refractivity contribution in [2.75, 3.05) is 0 Å². The van der Waals surface area contributed by atoms with Gasteiger partial charge < -0.3 is 10.4 Å². The standard InChI is InChI=1S/C14H19NO3/c1-2-11-6-3-4-7-12(11)10-15-13(16)8-5-9-14(17)18/h3-4,6-7H,2,5,8-10H2,1H3,(H,15,16)(H,17,18). The number of amides is 1. The lowest BCUT2D eigenvalue weighted by Crippen LogP contribution is -2.23. The molecule has 2 N–H and O–H groups in total. The SMILES string of the molecule is CCc1ccccc1CNC(=O)CCCC(=O)O. The smallest absolute Gasteiger partial charge is 0.303 e. The maximum atomic E-state index is 11.5. The van der Waals surface area contributed by atoms with Crippen LogP contribution in [0.15, 0.2) is 24.3 Å². The van der Waals surface area contributed by atoms with Crippen molar-refractivity contribution in [2.45, 2.75) is 39.2 Å². The molecule has 0 fully saturated rings. The molecule has 1 aromatic carbocycles. The van der Waals surface area contributed by atoms with Crippen molar-refractivity contribution in [3.05, 3.63) is 35.4 Å². The summed E-state index contributed by atoms with van der Waals surface area (Å²) < 4.78 is 0. The molecule has 0 saturated heterocycles. The van der Waals surface area contributed by atoms with Gasteiger partial charge in [0.05, 0.1) is 0 Å². The molecule has 4 nitrogen and oxygen atoms in total. The van der Waals surface area contributed by atoms with Crippen molar-refractivity contribution in [1.82, 2.24) is 5.32 Å². The zero-order valence-electron chi connectivity index (χ0n) is 10.6. The summed E-state index contributed by atoms with van der Waals surface area (Å²) in [6.07, 6.45) is 1.63. The van der Waals surface area contributed by atoms with Crippen LogP contribution >= 0.6 is 0 Å². The van der Waals surface area contributed by atoms with E-state index >= 15 is 0 Å². The minimum absolute atomic E-state index is 0.0406. The summed E-state index contributed by atoms with van der Waals surface area (Å²) >= 11 is 0. The summed E-state index contributed by atoms with van der Waals surface area (Å²) in [5.74, 6) is -0.957. The van der Waals surface area contributed by atoms with E-state index in [4.69, 9.17) is 5.11 Å². The molecule has 98 valence electrons. The Hall–Kier alpha value is -1.84. The number of aliphatic carboxylic acids is 1. The van der Waals surface area contributed by atoms with Crippen LogP contribution in [0.1, 0.15) is 37.3 Å². The van der Waals surface area contributed by atoms with Gasteiger partial charge in [-0.2, -0.15) is 0 Å². The quantitative estimate of drug-likeness (QED) is 0.777. The normalized spacial score (nSPS) is 10.1. The second-order valence-electron chi connectivity index (χ2n) is 4.15. The summed E-state index contributed by atoms with van der Waals surface area (Å²) in [7, 11) is 0. The van der Waals surface area contributed by atoms with Gasteiger partial charge in [-0.25, -0.2) is 0 Å². The number of hydrogen-bond donors (Lipinski definition) is 2. The molecule has 0 aliphatic heterocycles. The number of carbonyl (C=O) groups excluding carboxylic acids is 1. The van der Waals surface area contributed by atoms with Crippen LogP contribution in [0.3, 0.4) is 0 Å². The third kappa shape index (κ3) is 4.99. The number of carbonyl (C=O) groups is 2. The van der Waals surface area contributed by atoms with Gasteiger partial charge in [-0.15, -0.1) is 0 Å². The van der Waals surface area contributed by atoms with Crippen LogP contribution in [0.2, 0.25) is 0 Å². The Morgan fingerprint density at radius 3 is 2.44 bits per heavy atom. The minimum atomic E-state index is -0.862. The number of aryl methyl sites for hydroxylation is 1. The maximum absolute atomic E-state index is 11.5. The number of carboxylic acids is 1. The fourth-order valence-electron chi connectivity index (χ4n) is 1.76. The molecule has 1 amide bonds. The highest BCUT2D eigenvalue weighted by molar-refractivity contribution is 5.76. The molecule has 0 aromatic heterocycles. The number of nitrogens with one attached hydrogen (secondary N) is 1. The largest absolute Gasteiger partial charge is 0.481 e. The second kappa shape index (κ2) is 7.48. The minimum Gasteiger partial charge on any atom is -0.481 e. The van der Waals surface area contributed by atoms with Crippen LogP contribution < -0.4 is 5.32 Å². The van der Waals surface area contributed by atoms with Gasteiger partial charge in [-0.1, -0.05) is 31.2 Å². The third-order valence-electron chi connectivity index (χ3n) is 2.77. The van der Waals surface area contributed by atoms with Crippen LogP contribution in [0, 0.1) is 0 Å². The average molecular weight is 249 g/mol. The van der Waals surface area contributed by atoms with Gasteiger partial charge in [0, 0.05) is 19.4 Å². The first kappa shape index (κ1) is 14.2. The summed E-state index contributed by atoms with van der Waals surface area (Å²) in [4.78, 5) is 21.8. The van der Waals surface area contributed by atoms with Crippen LogP contribution in [0.4, 0.5) is 0 Å². The molecule has 0 atom stereocenters. The van der Waals surface area contributed by atoms with Gasteiger partial charge in [0.2, 0.25) is 5.91 Å². The van der Waals surface area contributed by atoms with Crippen LogP contribution in [-0.4, -0.2) is 17.0 Å². The lowest BCUT2D eigenvalue weighted by Gasteiger charge is -2.09. The molecule has 0 aliphatic carbocycles. The Balaban J connectivity index is 2.35. The van der Waals surface area contributed by atoms with E-state index in [-0.39, 0.29) is 18.7 Å².